The van der Waals surface area contributed by atoms with E-state index in [-0.39, 0.29) is 25.6 Å². The second-order valence-electron chi connectivity index (χ2n) is 5.19. The van der Waals surface area contributed by atoms with Gasteiger partial charge in [0.25, 0.3) is 5.91 Å². The quantitative estimate of drug-likeness (QED) is 0.309. The van der Waals surface area contributed by atoms with Crippen LogP contribution in [0.25, 0.3) is 0 Å². The van der Waals surface area contributed by atoms with Crippen LogP contribution in [0.4, 0.5) is 0 Å². The molecular weight excluding hydrogens is 340 g/mol. The smallest absolute Gasteiger partial charge is 0.332 e. The molecule has 12 nitrogen and oxygen atoms in total. The number of methoxy groups -OCH3 is 1. The van der Waals surface area contributed by atoms with Crippen LogP contribution in [0.3, 0.4) is 0 Å². The Morgan fingerprint density at radius 1 is 1.36 bits per heavy atom. The number of aromatic nitrogens is 3. The van der Waals surface area contributed by atoms with Crippen molar-refractivity contribution in [2.45, 2.75) is 24.5 Å². The van der Waals surface area contributed by atoms with E-state index in [0.29, 0.717) is 6.61 Å². The summed E-state index contributed by atoms with van der Waals surface area (Å²) in [5, 5.41) is 23.8. The SMILES string of the molecule is COCCOCC(=O)OC[C@H]1O[C@@H](n2cnc(C(N)=O)n2)[C@H](O)[C@@H]1O. The van der Waals surface area contributed by atoms with Crippen molar-refractivity contribution < 1.29 is 38.7 Å². The van der Waals surface area contributed by atoms with Gasteiger partial charge in [0.05, 0.1) is 13.2 Å². The molecule has 1 amide bonds. The minimum atomic E-state index is -1.36. The normalized spacial score (nSPS) is 25.9. The highest BCUT2D eigenvalue weighted by atomic mass is 16.6. The van der Waals surface area contributed by atoms with Crippen LogP contribution in [0, 0.1) is 0 Å². The molecule has 12 heteroatoms. The van der Waals surface area contributed by atoms with Crippen molar-refractivity contribution in [1.29, 1.82) is 0 Å². The molecule has 0 saturated carbocycles. The lowest BCUT2D eigenvalue weighted by Crippen LogP contribution is -2.34. The first-order chi connectivity index (χ1) is 11.9. The van der Waals surface area contributed by atoms with Gasteiger partial charge in [0.15, 0.2) is 6.23 Å². The molecule has 0 spiro atoms. The van der Waals surface area contributed by atoms with Gasteiger partial charge in [-0.25, -0.2) is 14.5 Å². The fraction of sp³-hybridized carbons (Fsp3) is 0.692. The zero-order valence-electron chi connectivity index (χ0n) is 13.5. The Morgan fingerprint density at radius 3 is 2.76 bits per heavy atom. The van der Waals surface area contributed by atoms with E-state index in [1.54, 1.807) is 0 Å². The molecule has 0 unspecified atom stereocenters. The molecule has 4 atom stereocenters. The van der Waals surface area contributed by atoms with Crippen molar-refractivity contribution in [2.75, 3.05) is 33.5 Å². The molecule has 1 aromatic rings. The molecule has 1 aromatic heterocycles. The van der Waals surface area contributed by atoms with Crippen LogP contribution >= 0.6 is 0 Å². The molecule has 0 aromatic carbocycles. The average Bonchev–Trinajstić information content (AvgIpc) is 3.17. The Bertz CT molecular complexity index is 594. The number of aliphatic hydroxyl groups excluding tert-OH is 2. The van der Waals surface area contributed by atoms with E-state index < -0.39 is 36.4 Å². The third-order valence-corrected chi connectivity index (χ3v) is 3.39. The molecular formula is C13H20N4O8. The Morgan fingerprint density at radius 2 is 2.12 bits per heavy atom. The van der Waals surface area contributed by atoms with Crippen LogP contribution in [0.15, 0.2) is 6.33 Å². The van der Waals surface area contributed by atoms with Gasteiger partial charge in [0.2, 0.25) is 5.82 Å². The summed E-state index contributed by atoms with van der Waals surface area (Å²) in [5.74, 6) is -1.75. The number of rotatable bonds is 9. The monoisotopic (exact) mass is 360 g/mol. The van der Waals surface area contributed by atoms with Gasteiger partial charge < -0.3 is 34.9 Å². The average molecular weight is 360 g/mol. The summed E-state index contributed by atoms with van der Waals surface area (Å²) in [7, 11) is 1.50. The summed E-state index contributed by atoms with van der Waals surface area (Å²) >= 11 is 0. The predicted molar refractivity (Wildman–Crippen MR) is 78.1 cm³/mol. The number of amides is 1. The third-order valence-electron chi connectivity index (χ3n) is 3.39. The van der Waals surface area contributed by atoms with E-state index in [1.165, 1.54) is 7.11 Å². The summed E-state index contributed by atoms with van der Waals surface area (Å²) in [6.45, 7) is 0.0159. The van der Waals surface area contributed by atoms with Gasteiger partial charge in [-0.2, -0.15) is 0 Å². The molecule has 0 radical (unpaired) electrons. The number of nitrogens with two attached hydrogens (primary N) is 1. The van der Waals surface area contributed by atoms with E-state index in [0.717, 1.165) is 11.0 Å². The zero-order chi connectivity index (χ0) is 18.4. The number of aliphatic hydroxyl groups is 2. The first-order valence-corrected chi connectivity index (χ1v) is 7.39. The first kappa shape index (κ1) is 19.2. The van der Waals surface area contributed by atoms with Gasteiger partial charge in [0.1, 0.15) is 37.9 Å². The molecule has 4 N–H and O–H groups in total. The second kappa shape index (κ2) is 8.82. The predicted octanol–water partition coefficient (Wildman–Crippen LogP) is -2.80. The molecule has 2 rings (SSSR count). The van der Waals surface area contributed by atoms with Gasteiger partial charge in [-0.15, -0.1) is 5.10 Å². The largest absolute Gasteiger partial charge is 0.461 e. The summed E-state index contributed by atoms with van der Waals surface area (Å²) in [6.07, 6.45) is -3.63. The van der Waals surface area contributed by atoms with E-state index >= 15 is 0 Å². The van der Waals surface area contributed by atoms with Crippen molar-refractivity contribution in [3.63, 3.8) is 0 Å². The molecule has 1 saturated heterocycles. The number of carbonyl (C=O) groups excluding carboxylic acids is 2. The van der Waals surface area contributed by atoms with E-state index in [1.807, 2.05) is 0 Å². The minimum Gasteiger partial charge on any atom is -0.461 e. The number of nitrogens with zero attached hydrogens (tertiary/aromatic N) is 3. The van der Waals surface area contributed by atoms with E-state index in [2.05, 4.69) is 10.1 Å². The van der Waals surface area contributed by atoms with Crippen molar-refractivity contribution in [3.8, 4) is 0 Å². The number of hydrogen-bond acceptors (Lipinski definition) is 10. The topological polar surface area (TPSA) is 168 Å². The lowest BCUT2D eigenvalue weighted by atomic mass is 10.1. The lowest BCUT2D eigenvalue weighted by Gasteiger charge is -2.14. The van der Waals surface area contributed by atoms with Crippen molar-refractivity contribution in [3.05, 3.63) is 12.2 Å². The van der Waals surface area contributed by atoms with E-state index in [9.17, 15) is 19.8 Å². The van der Waals surface area contributed by atoms with Crippen LogP contribution in [0.1, 0.15) is 16.8 Å². The Kier molecular flexibility index (Phi) is 6.78. The summed E-state index contributed by atoms with van der Waals surface area (Å²) in [6, 6.07) is 0. The Labute approximate surface area is 142 Å². The Hall–Kier alpha value is -2.12. The first-order valence-electron chi connectivity index (χ1n) is 7.39. The van der Waals surface area contributed by atoms with Gasteiger partial charge in [-0.1, -0.05) is 0 Å². The number of esters is 1. The summed E-state index contributed by atoms with van der Waals surface area (Å²) in [5.41, 5.74) is 5.05. The summed E-state index contributed by atoms with van der Waals surface area (Å²) < 4.78 is 21.2. The number of hydrogen-bond donors (Lipinski definition) is 3. The highest BCUT2D eigenvalue weighted by molar-refractivity contribution is 5.88. The molecule has 25 heavy (non-hydrogen) atoms. The highest BCUT2D eigenvalue weighted by Gasteiger charge is 2.45. The second-order valence-corrected chi connectivity index (χ2v) is 5.19. The molecule has 1 aliphatic heterocycles. The third kappa shape index (κ3) is 4.93. The summed E-state index contributed by atoms with van der Waals surface area (Å²) in [4.78, 5) is 26.2. The molecule has 140 valence electrons. The van der Waals surface area contributed by atoms with Gasteiger partial charge in [0, 0.05) is 7.11 Å². The number of primary amides is 1. The number of carbonyl (C=O) groups is 2. The van der Waals surface area contributed by atoms with Crippen LogP contribution in [0.5, 0.6) is 0 Å². The van der Waals surface area contributed by atoms with Crippen LogP contribution in [-0.4, -0.2) is 88.7 Å². The fourth-order valence-corrected chi connectivity index (χ4v) is 2.11. The molecule has 0 bridgehead atoms. The minimum absolute atomic E-state index is 0.240. The van der Waals surface area contributed by atoms with Gasteiger partial charge >= 0.3 is 5.97 Å². The van der Waals surface area contributed by atoms with Crippen molar-refractivity contribution in [2.24, 2.45) is 5.73 Å². The molecule has 1 aliphatic rings. The number of ether oxygens (including phenoxy) is 4. The maximum atomic E-state index is 11.5. The lowest BCUT2D eigenvalue weighted by molar-refractivity contribution is -0.155. The van der Waals surface area contributed by atoms with Gasteiger partial charge in [-0.05, 0) is 0 Å². The van der Waals surface area contributed by atoms with Crippen LogP contribution < -0.4 is 5.73 Å². The van der Waals surface area contributed by atoms with Crippen LogP contribution in [-0.2, 0) is 23.7 Å². The maximum absolute atomic E-state index is 11.5. The fourth-order valence-electron chi connectivity index (χ4n) is 2.11. The standard InChI is InChI=1S/C13H20N4O8/c1-22-2-3-23-5-8(18)24-4-7-9(19)10(20)13(25-7)17-6-15-12(16-17)11(14)21/h6-7,9-10,13,19-20H,2-5H2,1H3,(H2,14,21)/t7-,9-,10-,13-/m1/s1. The molecule has 2 heterocycles. The van der Waals surface area contributed by atoms with Crippen molar-refractivity contribution in [1.82, 2.24) is 14.8 Å². The maximum Gasteiger partial charge on any atom is 0.332 e. The highest BCUT2D eigenvalue weighted by Crippen LogP contribution is 2.28. The van der Waals surface area contributed by atoms with Crippen LogP contribution in [0.2, 0.25) is 0 Å². The molecule has 0 aliphatic carbocycles. The van der Waals surface area contributed by atoms with E-state index in [4.69, 9.17) is 24.7 Å². The van der Waals surface area contributed by atoms with Crippen molar-refractivity contribution >= 4 is 11.9 Å². The molecule has 1 fully saturated rings. The zero-order valence-corrected chi connectivity index (χ0v) is 13.5. The van der Waals surface area contributed by atoms with Gasteiger partial charge in [-0.3, -0.25) is 4.79 Å². The Balaban J connectivity index is 1.84.